The molecule has 2 aliphatic rings. The Morgan fingerprint density at radius 2 is 1.98 bits per heavy atom. The molecule has 2 atom stereocenters. The number of fused-ring (bicyclic) bond motifs is 3. The van der Waals surface area contributed by atoms with Gasteiger partial charge in [0.15, 0.2) is 6.61 Å². The van der Waals surface area contributed by atoms with Gasteiger partial charge in [-0.25, -0.2) is 8.78 Å². The number of hydrogen-bond acceptors (Lipinski definition) is 7. The Bertz CT molecular complexity index is 1680. The molecule has 0 unspecified atom stereocenters. The molecule has 2 saturated heterocycles. The number of ether oxygens (including phenoxy) is 2. The Hall–Kier alpha value is -3.80. The summed E-state index contributed by atoms with van der Waals surface area (Å²) in [6.07, 6.45) is -2.01. The van der Waals surface area contributed by atoms with E-state index in [1.54, 1.807) is 13.0 Å². The second-order valence-corrected chi connectivity index (χ2v) is 11.0. The molecule has 42 heavy (non-hydrogen) atoms. The number of aryl methyl sites for hydroxylation is 2. The zero-order valence-electron chi connectivity index (χ0n) is 23.1. The van der Waals surface area contributed by atoms with Gasteiger partial charge in [0.1, 0.15) is 24.3 Å². The summed E-state index contributed by atoms with van der Waals surface area (Å²) >= 11 is 0. The Morgan fingerprint density at radius 1 is 1.17 bits per heavy atom. The number of phenols is 1. The second kappa shape index (κ2) is 10.5. The highest BCUT2D eigenvalue weighted by Gasteiger charge is 2.49. The van der Waals surface area contributed by atoms with Gasteiger partial charge < -0.3 is 14.6 Å². The molecule has 2 aromatic heterocycles. The van der Waals surface area contributed by atoms with Gasteiger partial charge >= 0.3 is 12.2 Å². The van der Waals surface area contributed by atoms with Crippen molar-refractivity contribution in [2.45, 2.75) is 57.4 Å². The van der Waals surface area contributed by atoms with Crippen LogP contribution in [0.4, 0.5) is 22.0 Å². The standard InChI is InChI=1S/C30H29F5N4O3/c1-3-20-23(32)6-5-17-9-19(40)10-21(24(17)20)25-16(2)26-22(12-36-25)27(41-15-30(33,34)35)38-28(37-26)42-14-29-7-4-8-39(29)13-18(31)11-29/h5-6,9-10,12,18,40H,3-4,7-8,11,13-15H2,1-2H3/t18-,29+/m1/s1. The summed E-state index contributed by atoms with van der Waals surface area (Å²) in [5.41, 5.74) is 1.38. The quantitative estimate of drug-likeness (QED) is 0.248. The smallest absolute Gasteiger partial charge is 0.422 e. The molecule has 2 fully saturated rings. The average Bonchev–Trinajstić information content (AvgIpc) is 3.46. The largest absolute Gasteiger partial charge is 0.508 e. The molecule has 0 spiro atoms. The van der Waals surface area contributed by atoms with E-state index in [0.717, 1.165) is 19.4 Å². The molecule has 0 saturated carbocycles. The molecule has 4 aromatic rings. The van der Waals surface area contributed by atoms with E-state index in [0.29, 0.717) is 52.5 Å². The monoisotopic (exact) mass is 588 g/mol. The average molecular weight is 589 g/mol. The highest BCUT2D eigenvalue weighted by atomic mass is 19.4. The first-order chi connectivity index (χ1) is 20.0. The maximum Gasteiger partial charge on any atom is 0.422 e. The van der Waals surface area contributed by atoms with Crippen LogP contribution in [0.15, 0.2) is 30.5 Å². The van der Waals surface area contributed by atoms with Crippen LogP contribution in [0.5, 0.6) is 17.6 Å². The fourth-order valence-electron chi connectivity index (χ4n) is 6.45. The van der Waals surface area contributed by atoms with Crippen LogP contribution in [0, 0.1) is 12.7 Å². The molecule has 0 aliphatic carbocycles. The van der Waals surface area contributed by atoms with Crippen molar-refractivity contribution in [2.75, 3.05) is 26.3 Å². The number of aromatic nitrogens is 3. The van der Waals surface area contributed by atoms with Crippen molar-refractivity contribution in [3.8, 4) is 28.9 Å². The van der Waals surface area contributed by atoms with E-state index >= 15 is 0 Å². The predicted molar refractivity (Wildman–Crippen MR) is 146 cm³/mol. The van der Waals surface area contributed by atoms with Crippen molar-refractivity contribution in [2.24, 2.45) is 0 Å². The third-order valence-electron chi connectivity index (χ3n) is 8.29. The lowest BCUT2D eigenvalue weighted by Gasteiger charge is -2.30. The molecule has 0 bridgehead atoms. The molecule has 0 radical (unpaired) electrons. The highest BCUT2D eigenvalue weighted by Crippen LogP contribution is 2.42. The molecule has 7 nitrogen and oxygen atoms in total. The number of alkyl halides is 4. The summed E-state index contributed by atoms with van der Waals surface area (Å²) in [6.45, 7) is 3.04. The summed E-state index contributed by atoms with van der Waals surface area (Å²) in [5.74, 6) is -0.818. The van der Waals surface area contributed by atoms with Crippen LogP contribution in [-0.2, 0) is 6.42 Å². The van der Waals surface area contributed by atoms with Crippen LogP contribution < -0.4 is 9.47 Å². The van der Waals surface area contributed by atoms with Gasteiger partial charge in [-0.15, -0.1) is 0 Å². The normalized spacial score (nSPS) is 20.9. The van der Waals surface area contributed by atoms with E-state index in [4.69, 9.17) is 9.47 Å². The molecule has 4 heterocycles. The van der Waals surface area contributed by atoms with Gasteiger partial charge in [-0.05, 0) is 67.3 Å². The molecule has 1 N–H and O–H groups in total. The maximum absolute atomic E-state index is 14.8. The molecule has 2 aromatic carbocycles. The fourth-order valence-corrected chi connectivity index (χ4v) is 6.45. The van der Waals surface area contributed by atoms with Gasteiger partial charge in [0.2, 0.25) is 5.88 Å². The van der Waals surface area contributed by atoms with Crippen LogP contribution in [0.1, 0.15) is 37.3 Å². The number of halogens is 5. The van der Waals surface area contributed by atoms with Crippen molar-refractivity contribution in [3.05, 3.63) is 47.4 Å². The Balaban J connectivity index is 1.48. The molecular formula is C30H29F5N4O3. The summed E-state index contributed by atoms with van der Waals surface area (Å²) in [5, 5.41) is 11.8. The predicted octanol–water partition coefficient (Wildman–Crippen LogP) is 6.46. The van der Waals surface area contributed by atoms with E-state index in [2.05, 4.69) is 15.0 Å². The zero-order chi connectivity index (χ0) is 29.8. The molecule has 0 amide bonds. The minimum atomic E-state index is -4.62. The summed E-state index contributed by atoms with van der Waals surface area (Å²) in [4.78, 5) is 15.2. The molecule has 2 aliphatic heterocycles. The van der Waals surface area contributed by atoms with Crippen molar-refractivity contribution in [3.63, 3.8) is 0 Å². The second-order valence-electron chi connectivity index (χ2n) is 11.0. The number of pyridine rings is 1. The number of aromatic hydroxyl groups is 1. The molecule has 222 valence electrons. The first-order valence-electron chi connectivity index (χ1n) is 13.8. The van der Waals surface area contributed by atoms with Gasteiger partial charge in [-0.1, -0.05) is 13.0 Å². The minimum absolute atomic E-state index is 0.0588. The molecular weight excluding hydrogens is 559 g/mol. The Labute approximate surface area is 238 Å². The molecule has 6 rings (SSSR count). The number of nitrogens with zero attached hydrogens (tertiary/aromatic N) is 4. The lowest BCUT2D eigenvalue weighted by molar-refractivity contribution is -0.153. The van der Waals surface area contributed by atoms with Crippen molar-refractivity contribution < 1.29 is 36.5 Å². The van der Waals surface area contributed by atoms with Gasteiger partial charge in [0, 0.05) is 30.3 Å². The number of rotatable bonds is 7. The lowest BCUT2D eigenvalue weighted by Crippen LogP contribution is -2.43. The molecule has 12 heteroatoms. The topological polar surface area (TPSA) is 80.6 Å². The van der Waals surface area contributed by atoms with Crippen LogP contribution in [0.2, 0.25) is 0 Å². The summed E-state index contributed by atoms with van der Waals surface area (Å²) < 4.78 is 79.5. The first-order valence-corrected chi connectivity index (χ1v) is 13.8. The number of phenolic OH excluding ortho intramolecular Hbond substituents is 1. The third-order valence-corrected chi connectivity index (χ3v) is 8.29. The lowest BCUT2D eigenvalue weighted by atomic mass is 9.93. The van der Waals surface area contributed by atoms with Crippen LogP contribution in [0.3, 0.4) is 0 Å². The van der Waals surface area contributed by atoms with E-state index in [1.807, 2.05) is 11.8 Å². The minimum Gasteiger partial charge on any atom is -0.508 e. The van der Waals surface area contributed by atoms with E-state index in [9.17, 15) is 27.1 Å². The third kappa shape index (κ3) is 5.05. The summed E-state index contributed by atoms with van der Waals surface area (Å²) in [7, 11) is 0. The SMILES string of the molecule is CCc1c(F)ccc2cc(O)cc(-c3ncc4c(OCC(F)(F)F)nc(OC[C@@]56CCCN5C[C@H](F)C6)nc4c3C)c12. The zero-order valence-corrected chi connectivity index (χ0v) is 23.1. The number of hydrogen-bond donors (Lipinski definition) is 1. The van der Waals surface area contributed by atoms with Crippen LogP contribution >= 0.6 is 0 Å². The van der Waals surface area contributed by atoms with E-state index in [1.165, 1.54) is 24.4 Å². The van der Waals surface area contributed by atoms with Gasteiger partial charge in [-0.3, -0.25) is 9.88 Å². The van der Waals surface area contributed by atoms with Crippen LogP contribution in [0.25, 0.3) is 32.9 Å². The van der Waals surface area contributed by atoms with E-state index < -0.39 is 30.3 Å². The number of benzene rings is 2. The van der Waals surface area contributed by atoms with Crippen LogP contribution in [-0.4, -0.2) is 69.1 Å². The van der Waals surface area contributed by atoms with Gasteiger partial charge in [-0.2, -0.15) is 23.1 Å². The Kier molecular flexibility index (Phi) is 7.07. The van der Waals surface area contributed by atoms with Crippen molar-refractivity contribution >= 4 is 21.7 Å². The van der Waals surface area contributed by atoms with E-state index in [-0.39, 0.29) is 35.1 Å². The van der Waals surface area contributed by atoms with Gasteiger partial charge in [0.05, 0.1) is 22.1 Å². The first kappa shape index (κ1) is 28.3. The maximum atomic E-state index is 14.8. The Morgan fingerprint density at radius 3 is 2.74 bits per heavy atom. The summed E-state index contributed by atoms with van der Waals surface area (Å²) in [6, 6.07) is 5.71. The van der Waals surface area contributed by atoms with Crippen molar-refractivity contribution in [1.29, 1.82) is 0 Å². The highest BCUT2D eigenvalue weighted by molar-refractivity contribution is 6.02. The fraction of sp³-hybridized carbons (Fsp3) is 0.433. The van der Waals surface area contributed by atoms with Crippen molar-refractivity contribution in [1.82, 2.24) is 19.9 Å². The van der Waals surface area contributed by atoms with Gasteiger partial charge in [0.25, 0.3) is 0 Å².